The zero-order chi connectivity index (χ0) is 16.5. The summed E-state index contributed by atoms with van der Waals surface area (Å²) < 4.78 is 7.80. The van der Waals surface area contributed by atoms with Crippen LogP contribution in [0.5, 0.6) is 5.75 Å². The molecule has 1 fully saturated rings. The summed E-state index contributed by atoms with van der Waals surface area (Å²) in [7, 11) is 0. The first-order valence-electron chi connectivity index (χ1n) is 8.09. The van der Waals surface area contributed by atoms with Gasteiger partial charge in [0.25, 0.3) is 0 Å². The van der Waals surface area contributed by atoms with Gasteiger partial charge in [-0.2, -0.15) is 10.4 Å². The van der Waals surface area contributed by atoms with Gasteiger partial charge >= 0.3 is 0 Å². The Balaban J connectivity index is 1.93. The SMILES string of the molecule is N#Cc1ccc2c(c1)c(-c1cccc(O)c1)nn2C1CCCCO1. The lowest BCUT2D eigenvalue weighted by atomic mass is 10.1. The van der Waals surface area contributed by atoms with Crippen LogP contribution in [0.3, 0.4) is 0 Å². The molecule has 0 radical (unpaired) electrons. The Morgan fingerprint density at radius 2 is 2.12 bits per heavy atom. The van der Waals surface area contributed by atoms with Crippen molar-refractivity contribution in [2.24, 2.45) is 0 Å². The summed E-state index contributed by atoms with van der Waals surface area (Å²) in [6, 6.07) is 14.8. The molecule has 5 heteroatoms. The van der Waals surface area contributed by atoms with Gasteiger partial charge in [0, 0.05) is 17.6 Å². The van der Waals surface area contributed by atoms with Crippen LogP contribution in [0.15, 0.2) is 42.5 Å². The number of nitriles is 1. The number of benzene rings is 2. The smallest absolute Gasteiger partial charge is 0.150 e. The monoisotopic (exact) mass is 319 g/mol. The van der Waals surface area contributed by atoms with Crippen LogP contribution in [-0.2, 0) is 4.74 Å². The van der Waals surface area contributed by atoms with Gasteiger partial charge in [0.15, 0.2) is 6.23 Å². The Morgan fingerprint density at radius 1 is 1.21 bits per heavy atom. The fourth-order valence-electron chi connectivity index (χ4n) is 3.21. The van der Waals surface area contributed by atoms with Crippen molar-refractivity contribution in [3.63, 3.8) is 0 Å². The second-order valence-corrected chi connectivity index (χ2v) is 6.01. The molecule has 0 bridgehead atoms. The van der Waals surface area contributed by atoms with Gasteiger partial charge in [-0.1, -0.05) is 12.1 Å². The van der Waals surface area contributed by atoms with Gasteiger partial charge in [0.1, 0.15) is 11.4 Å². The van der Waals surface area contributed by atoms with Gasteiger partial charge in [0.2, 0.25) is 0 Å². The van der Waals surface area contributed by atoms with E-state index in [1.54, 1.807) is 24.3 Å². The molecule has 1 atom stereocenters. The molecule has 2 aromatic carbocycles. The molecule has 0 spiro atoms. The van der Waals surface area contributed by atoms with Crippen molar-refractivity contribution in [3.8, 4) is 23.1 Å². The number of aromatic nitrogens is 2. The lowest BCUT2D eigenvalue weighted by molar-refractivity contribution is -0.0365. The molecule has 1 aliphatic heterocycles. The lowest BCUT2D eigenvalue weighted by Gasteiger charge is -2.23. The Hall–Kier alpha value is -2.84. The van der Waals surface area contributed by atoms with E-state index in [1.165, 1.54) is 0 Å². The van der Waals surface area contributed by atoms with Crippen LogP contribution in [-0.4, -0.2) is 21.5 Å². The summed E-state index contributed by atoms with van der Waals surface area (Å²) in [4.78, 5) is 0. The molecule has 1 N–H and O–H groups in total. The number of phenols is 1. The van der Waals surface area contributed by atoms with Crippen molar-refractivity contribution in [1.82, 2.24) is 9.78 Å². The highest BCUT2D eigenvalue weighted by Gasteiger charge is 2.22. The average Bonchev–Trinajstić information content (AvgIpc) is 3.01. The number of hydrogen-bond acceptors (Lipinski definition) is 4. The van der Waals surface area contributed by atoms with Crippen molar-refractivity contribution in [2.45, 2.75) is 25.5 Å². The van der Waals surface area contributed by atoms with Crippen LogP contribution >= 0.6 is 0 Å². The van der Waals surface area contributed by atoms with Gasteiger partial charge < -0.3 is 9.84 Å². The van der Waals surface area contributed by atoms with Crippen LogP contribution in [0.4, 0.5) is 0 Å². The van der Waals surface area contributed by atoms with Gasteiger partial charge in [-0.3, -0.25) is 0 Å². The van der Waals surface area contributed by atoms with E-state index in [1.807, 2.05) is 22.9 Å². The molecule has 2 heterocycles. The van der Waals surface area contributed by atoms with Gasteiger partial charge in [-0.05, 0) is 49.6 Å². The molecule has 1 unspecified atom stereocenters. The Morgan fingerprint density at radius 3 is 2.88 bits per heavy atom. The summed E-state index contributed by atoms with van der Waals surface area (Å²) in [6.45, 7) is 0.740. The molecule has 24 heavy (non-hydrogen) atoms. The van der Waals surface area contributed by atoms with E-state index in [0.29, 0.717) is 5.56 Å². The summed E-state index contributed by atoms with van der Waals surface area (Å²) in [6.07, 6.45) is 3.04. The van der Waals surface area contributed by atoms with Crippen LogP contribution in [0.2, 0.25) is 0 Å². The topological polar surface area (TPSA) is 71.1 Å². The van der Waals surface area contributed by atoms with E-state index in [9.17, 15) is 10.4 Å². The maximum absolute atomic E-state index is 9.79. The quantitative estimate of drug-likeness (QED) is 0.775. The predicted octanol–water partition coefficient (Wildman–Crippen LogP) is 3.98. The first-order chi connectivity index (χ1) is 11.8. The minimum absolute atomic E-state index is 0.0831. The number of hydrogen-bond donors (Lipinski definition) is 1. The number of fused-ring (bicyclic) bond motifs is 1. The molecular weight excluding hydrogens is 302 g/mol. The zero-order valence-electron chi connectivity index (χ0n) is 13.1. The van der Waals surface area contributed by atoms with E-state index in [2.05, 4.69) is 6.07 Å². The molecular formula is C19H17N3O2. The van der Waals surface area contributed by atoms with Crippen LogP contribution < -0.4 is 0 Å². The van der Waals surface area contributed by atoms with E-state index >= 15 is 0 Å². The van der Waals surface area contributed by atoms with E-state index in [4.69, 9.17) is 9.84 Å². The highest BCUT2D eigenvalue weighted by atomic mass is 16.5. The second-order valence-electron chi connectivity index (χ2n) is 6.01. The number of rotatable bonds is 2. The fourth-order valence-corrected chi connectivity index (χ4v) is 3.21. The zero-order valence-corrected chi connectivity index (χ0v) is 13.1. The fraction of sp³-hybridized carbons (Fsp3) is 0.263. The van der Waals surface area contributed by atoms with E-state index in [0.717, 1.165) is 48.0 Å². The molecule has 1 saturated heterocycles. The maximum atomic E-state index is 9.79. The standard InChI is InChI=1S/C19H17N3O2/c20-12-13-7-8-17-16(10-13)19(14-4-3-5-15(23)11-14)21-22(17)18-6-1-2-9-24-18/h3-5,7-8,10-11,18,23H,1-2,6,9H2. The molecule has 0 saturated carbocycles. The first kappa shape index (κ1) is 14.7. The minimum Gasteiger partial charge on any atom is -0.508 e. The lowest BCUT2D eigenvalue weighted by Crippen LogP contribution is -2.19. The largest absolute Gasteiger partial charge is 0.508 e. The predicted molar refractivity (Wildman–Crippen MR) is 90.4 cm³/mol. The Labute approximate surface area is 139 Å². The third-order valence-electron chi connectivity index (χ3n) is 4.38. The highest BCUT2D eigenvalue weighted by Crippen LogP contribution is 2.34. The average molecular weight is 319 g/mol. The van der Waals surface area contributed by atoms with E-state index < -0.39 is 0 Å². The highest BCUT2D eigenvalue weighted by molar-refractivity contribution is 5.94. The normalized spacial score (nSPS) is 17.7. The molecule has 5 nitrogen and oxygen atoms in total. The van der Waals surface area contributed by atoms with E-state index in [-0.39, 0.29) is 12.0 Å². The molecule has 1 aliphatic rings. The third-order valence-corrected chi connectivity index (χ3v) is 4.38. The first-order valence-corrected chi connectivity index (χ1v) is 8.09. The van der Waals surface area contributed by atoms with Gasteiger partial charge in [-0.25, -0.2) is 4.68 Å². The van der Waals surface area contributed by atoms with Crippen molar-refractivity contribution in [1.29, 1.82) is 5.26 Å². The number of nitrogens with zero attached hydrogens (tertiary/aromatic N) is 3. The van der Waals surface area contributed by atoms with Crippen molar-refractivity contribution in [2.75, 3.05) is 6.61 Å². The number of ether oxygens (including phenoxy) is 1. The molecule has 120 valence electrons. The second kappa shape index (κ2) is 5.99. The van der Waals surface area contributed by atoms with Crippen molar-refractivity contribution < 1.29 is 9.84 Å². The third kappa shape index (κ3) is 2.51. The van der Waals surface area contributed by atoms with Gasteiger partial charge in [-0.15, -0.1) is 0 Å². The minimum atomic E-state index is -0.0831. The summed E-state index contributed by atoms with van der Waals surface area (Å²) in [5.41, 5.74) is 3.11. The molecule has 0 amide bonds. The van der Waals surface area contributed by atoms with Crippen LogP contribution in [0.1, 0.15) is 31.1 Å². The van der Waals surface area contributed by atoms with Crippen LogP contribution in [0.25, 0.3) is 22.2 Å². The maximum Gasteiger partial charge on any atom is 0.150 e. The summed E-state index contributed by atoms with van der Waals surface area (Å²) in [5.74, 6) is 0.195. The summed E-state index contributed by atoms with van der Waals surface area (Å²) in [5, 5.41) is 24.7. The Bertz CT molecular complexity index is 933. The van der Waals surface area contributed by atoms with Crippen molar-refractivity contribution >= 4 is 10.9 Å². The molecule has 4 rings (SSSR count). The van der Waals surface area contributed by atoms with Gasteiger partial charge in [0.05, 0.1) is 17.1 Å². The molecule has 0 aliphatic carbocycles. The molecule has 3 aromatic rings. The number of aromatic hydroxyl groups is 1. The van der Waals surface area contributed by atoms with Crippen molar-refractivity contribution in [3.05, 3.63) is 48.0 Å². The number of phenolic OH excluding ortho intramolecular Hbond substituents is 1. The summed E-state index contributed by atoms with van der Waals surface area (Å²) >= 11 is 0. The molecule has 1 aromatic heterocycles. The van der Waals surface area contributed by atoms with Crippen LogP contribution in [0, 0.1) is 11.3 Å². The Kier molecular flexibility index (Phi) is 3.68.